The molecule has 4 rings (SSSR count). The lowest BCUT2D eigenvalue weighted by molar-refractivity contribution is 0.597. The van der Waals surface area contributed by atoms with Crippen LogP contribution in [0.15, 0.2) is 34.3 Å². The molecule has 0 radical (unpaired) electrons. The molecule has 1 aromatic carbocycles. The van der Waals surface area contributed by atoms with Crippen molar-refractivity contribution in [2.45, 2.75) is 47.7 Å². The molecule has 0 atom stereocenters. The van der Waals surface area contributed by atoms with E-state index in [-0.39, 0.29) is 5.75 Å². The summed E-state index contributed by atoms with van der Waals surface area (Å²) in [6, 6.07) is 6.84. The fourth-order valence-corrected chi connectivity index (χ4v) is 5.47. The van der Waals surface area contributed by atoms with Gasteiger partial charge in [-0.2, -0.15) is 0 Å². The number of thioether (sulfide) groups is 1. The number of nitrogens with zero attached hydrogens (tertiary/aromatic N) is 3. The zero-order valence-electron chi connectivity index (χ0n) is 13.1. The third-order valence-corrected chi connectivity index (χ3v) is 7.49. The van der Waals surface area contributed by atoms with Gasteiger partial charge in [-0.15, -0.1) is 10.2 Å². The highest BCUT2D eigenvalue weighted by molar-refractivity contribution is 8.00. The minimum absolute atomic E-state index is 0.0790. The van der Waals surface area contributed by atoms with Crippen LogP contribution in [0.4, 0.5) is 0 Å². The van der Waals surface area contributed by atoms with Crippen molar-refractivity contribution >= 4 is 33.2 Å². The number of aromatic nitrogens is 3. The maximum atomic E-state index is 12.4. The molecule has 128 valence electrons. The summed E-state index contributed by atoms with van der Waals surface area (Å²) in [7, 11) is -3.30. The van der Waals surface area contributed by atoms with Crippen LogP contribution in [0, 0.1) is 0 Å². The predicted octanol–water partition coefficient (Wildman–Crippen LogP) is 3.71. The summed E-state index contributed by atoms with van der Waals surface area (Å²) in [6.45, 7) is 0. The van der Waals surface area contributed by atoms with Crippen molar-refractivity contribution in [3.8, 4) is 0 Å². The van der Waals surface area contributed by atoms with Crippen LogP contribution in [0.2, 0.25) is 5.02 Å². The Hall–Kier alpha value is -1.05. The van der Waals surface area contributed by atoms with E-state index in [4.69, 9.17) is 11.6 Å². The van der Waals surface area contributed by atoms with E-state index in [0.717, 1.165) is 11.0 Å². The molecule has 0 aliphatic heterocycles. The molecule has 8 heteroatoms. The summed E-state index contributed by atoms with van der Waals surface area (Å²) in [4.78, 5) is 0.315. The van der Waals surface area contributed by atoms with E-state index in [1.54, 1.807) is 24.3 Å². The maximum Gasteiger partial charge on any atom is 0.191 e. The second-order valence-corrected chi connectivity index (χ2v) is 9.95. The zero-order chi connectivity index (χ0) is 16.7. The van der Waals surface area contributed by atoms with Gasteiger partial charge in [0.05, 0.1) is 10.6 Å². The second-order valence-electron chi connectivity index (χ2n) is 6.34. The summed E-state index contributed by atoms with van der Waals surface area (Å²) in [5, 5.41) is 10.1. The van der Waals surface area contributed by atoms with E-state index in [0.29, 0.717) is 27.6 Å². The van der Waals surface area contributed by atoms with Crippen LogP contribution in [0.3, 0.4) is 0 Å². The minimum atomic E-state index is -3.30. The molecule has 0 saturated heterocycles. The van der Waals surface area contributed by atoms with Crippen LogP contribution in [-0.2, 0) is 9.84 Å². The van der Waals surface area contributed by atoms with Gasteiger partial charge in [0.25, 0.3) is 0 Å². The summed E-state index contributed by atoms with van der Waals surface area (Å²) < 4.78 is 27.0. The van der Waals surface area contributed by atoms with Crippen LogP contribution in [-0.4, -0.2) is 34.7 Å². The van der Waals surface area contributed by atoms with Gasteiger partial charge in [-0.05, 0) is 49.9 Å². The highest BCUT2D eigenvalue weighted by atomic mass is 35.5. The molecule has 2 fully saturated rings. The lowest BCUT2D eigenvalue weighted by Gasteiger charge is -2.08. The molecule has 1 aromatic heterocycles. The first kappa shape index (κ1) is 16.4. The monoisotopic (exact) mass is 383 g/mol. The van der Waals surface area contributed by atoms with Crippen molar-refractivity contribution in [1.29, 1.82) is 0 Å². The van der Waals surface area contributed by atoms with Gasteiger partial charge in [0.2, 0.25) is 0 Å². The molecular formula is C16H18ClN3O2S2. The first-order valence-corrected chi connectivity index (χ1v) is 11.1. The van der Waals surface area contributed by atoms with Crippen molar-refractivity contribution in [3.05, 3.63) is 35.1 Å². The van der Waals surface area contributed by atoms with Crippen molar-refractivity contribution in [3.63, 3.8) is 0 Å². The van der Waals surface area contributed by atoms with E-state index in [9.17, 15) is 8.42 Å². The molecule has 1 heterocycles. The molecule has 0 unspecified atom stereocenters. The standard InChI is InChI=1S/C16H18ClN3O2S2/c17-12-3-7-14(8-4-12)24(21,22)10-9-23-16-19-18-15(11-1-2-11)20(16)13-5-6-13/h3-4,7-8,11,13H,1-2,5-6,9-10H2. The van der Waals surface area contributed by atoms with Crippen molar-refractivity contribution in [1.82, 2.24) is 14.8 Å². The zero-order valence-corrected chi connectivity index (χ0v) is 15.4. The molecule has 2 aliphatic carbocycles. The fourth-order valence-electron chi connectivity index (χ4n) is 2.69. The molecule has 0 bridgehead atoms. The van der Waals surface area contributed by atoms with Gasteiger partial charge in [-0.1, -0.05) is 23.4 Å². The SMILES string of the molecule is O=S(=O)(CCSc1nnc(C2CC2)n1C1CC1)c1ccc(Cl)cc1. The number of hydrogen-bond acceptors (Lipinski definition) is 5. The van der Waals surface area contributed by atoms with E-state index in [1.165, 1.54) is 37.4 Å². The fraction of sp³-hybridized carbons (Fsp3) is 0.500. The summed E-state index contributed by atoms with van der Waals surface area (Å²) in [5.41, 5.74) is 0. The van der Waals surface area contributed by atoms with Gasteiger partial charge < -0.3 is 4.57 Å². The Morgan fingerprint density at radius 2 is 1.83 bits per heavy atom. The van der Waals surface area contributed by atoms with Gasteiger partial charge >= 0.3 is 0 Å². The van der Waals surface area contributed by atoms with Gasteiger partial charge in [0, 0.05) is 22.7 Å². The van der Waals surface area contributed by atoms with Crippen LogP contribution in [0.25, 0.3) is 0 Å². The topological polar surface area (TPSA) is 64.8 Å². The summed E-state index contributed by atoms with van der Waals surface area (Å²) in [6.07, 6.45) is 4.74. The number of halogens is 1. The lowest BCUT2D eigenvalue weighted by Crippen LogP contribution is -2.09. The van der Waals surface area contributed by atoms with Gasteiger partial charge in [0.15, 0.2) is 15.0 Å². The third-order valence-electron chi connectivity index (χ3n) is 4.30. The first-order valence-electron chi connectivity index (χ1n) is 8.10. The molecule has 5 nitrogen and oxygen atoms in total. The lowest BCUT2D eigenvalue weighted by atomic mass is 10.4. The quantitative estimate of drug-likeness (QED) is 0.682. The van der Waals surface area contributed by atoms with Crippen LogP contribution >= 0.6 is 23.4 Å². The third kappa shape index (κ3) is 3.48. The van der Waals surface area contributed by atoms with Crippen molar-refractivity contribution in [2.75, 3.05) is 11.5 Å². The van der Waals surface area contributed by atoms with E-state index in [1.807, 2.05) is 0 Å². The molecule has 0 amide bonds. The first-order chi connectivity index (χ1) is 11.5. The number of rotatable bonds is 7. The normalized spacial score (nSPS) is 18.0. The van der Waals surface area contributed by atoms with Gasteiger partial charge in [-0.3, -0.25) is 0 Å². The largest absolute Gasteiger partial charge is 0.303 e. The molecule has 2 aliphatic rings. The van der Waals surface area contributed by atoms with Crippen LogP contribution < -0.4 is 0 Å². The van der Waals surface area contributed by atoms with Gasteiger partial charge in [-0.25, -0.2) is 8.42 Å². The number of benzene rings is 1. The summed E-state index contributed by atoms with van der Waals surface area (Å²) in [5.74, 6) is 2.21. The van der Waals surface area contributed by atoms with Crippen LogP contribution in [0.1, 0.15) is 43.5 Å². The second kappa shape index (κ2) is 6.35. The molecule has 0 spiro atoms. The predicted molar refractivity (Wildman–Crippen MR) is 94.5 cm³/mol. The average Bonchev–Trinajstić information content (AvgIpc) is 3.47. The van der Waals surface area contributed by atoms with E-state index in [2.05, 4.69) is 14.8 Å². The highest BCUT2D eigenvalue weighted by Gasteiger charge is 2.36. The molecule has 2 aromatic rings. The molecule has 0 N–H and O–H groups in total. The van der Waals surface area contributed by atoms with Crippen molar-refractivity contribution < 1.29 is 8.42 Å². The van der Waals surface area contributed by atoms with E-state index < -0.39 is 9.84 Å². The average molecular weight is 384 g/mol. The molecule has 2 saturated carbocycles. The minimum Gasteiger partial charge on any atom is -0.303 e. The van der Waals surface area contributed by atoms with Crippen molar-refractivity contribution in [2.24, 2.45) is 0 Å². The highest BCUT2D eigenvalue weighted by Crippen LogP contribution is 2.46. The Morgan fingerprint density at radius 1 is 1.12 bits per heavy atom. The smallest absolute Gasteiger partial charge is 0.191 e. The maximum absolute atomic E-state index is 12.4. The Morgan fingerprint density at radius 3 is 2.46 bits per heavy atom. The Kier molecular flexibility index (Phi) is 4.34. The molecular weight excluding hydrogens is 366 g/mol. The number of hydrogen-bond donors (Lipinski definition) is 0. The molecule has 24 heavy (non-hydrogen) atoms. The van der Waals surface area contributed by atoms with Crippen LogP contribution in [0.5, 0.6) is 0 Å². The summed E-state index contributed by atoms with van der Waals surface area (Å²) >= 11 is 7.31. The Balaban J connectivity index is 1.43. The number of sulfone groups is 1. The van der Waals surface area contributed by atoms with E-state index >= 15 is 0 Å². The Labute approximate surface area is 150 Å². The van der Waals surface area contributed by atoms with Gasteiger partial charge in [0.1, 0.15) is 5.82 Å². The Bertz CT molecular complexity index is 841.